The van der Waals surface area contributed by atoms with E-state index in [0.717, 1.165) is 17.9 Å². The van der Waals surface area contributed by atoms with Crippen LogP contribution in [0.3, 0.4) is 0 Å². The second kappa shape index (κ2) is 6.81. The van der Waals surface area contributed by atoms with Gasteiger partial charge in [0.15, 0.2) is 0 Å². The predicted molar refractivity (Wildman–Crippen MR) is 81.4 cm³/mol. The maximum absolute atomic E-state index is 12.6. The molecule has 1 aromatic heterocycles. The van der Waals surface area contributed by atoms with Gasteiger partial charge in [0.2, 0.25) is 5.91 Å². The minimum atomic E-state index is -0.579. The van der Waals surface area contributed by atoms with Crippen molar-refractivity contribution in [1.82, 2.24) is 20.2 Å². The average Bonchev–Trinajstić information content (AvgIpc) is 3.11. The van der Waals surface area contributed by atoms with E-state index in [9.17, 15) is 9.59 Å². The molecule has 1 aliphatic rings. The SMILES string of the molecule is COC(=O)N[C@H](C(=O)N1CC[C@@H](c2ncc(C)[nH]2)C1)C(C)C. The Morgan fingerprint density at radius 2 is 2.23 bits per heavy atom. The molecule has 0 saturated carbocycles. The lowest BCUT2D eigenvalue weighted by molar-refractivity contribution is -0.133. The third-order valence-corrected chi connectivity index (χ3v) is 4.00. The maximum Gasteiger partial charge on any atom is 0.407 e. The van der Waals surface area contributed by atoms with Crippen LogP contribution in [0.25, 0.3) is 0 Å². The van der Waals surface area contributed by atoms with Gasteiger partial charge in [-0.15, -0.1) is 0 Å². The number of nitrogens with one attached hydrogen (secondary N) is 2. The number of imidazole rings is 1. The third-order valence-electron chi connectivity index (χ3n) is 4.00. The Morgan fingerprint density at radius 3 is 2.77 bits per heavy atom. The van der Waals surface area contributed by atoms with E-state index in [1.54, 1.807) is 11.1 Å². The molecule has 1 aromatic rings. The van der Waals surface area contributed by atoms with Crippen LogP contribution in [0.1, 0.15) is 37.7 Å². The molecule has 2 atom stereocenters. The Hall–Kier alpha value is -2.05. The van der Waals surface area contributed by atoms with Gasteiger partial charge in [0.1, 0.15) is 11.9 Å². The molecule has 0 bridgehead atoms. The summed E-state index contributed by atoms with van der Waals surface area (Å²) >= 11 is 0. The quantitative estimate of drug-likeness (QED) is 0.880. The van der Waals surface area contributed by atoms with Crippen molar-refractivity contribution in [3.63, 3.8) is 0 Å². The van der Waals surface area contributed by atoms with E-state index >= 15 is 0 Å². The summed E-state index contributed by atoms with van der Waals surface area (Å²) in [7, 11) is 1.29. The smallest absolute Gasteiger partial charge is 0.407 e. The van der Waals surface area contributed by atoms with Crippen LogP contribution in [0.15, 0.2) is 6.20 Å². The van der Waals surface area contributed by atoms with E-state index < -0.39 is 12.1 Å². The van der Waals surface area contributed by atoms with Gasteiger partial charge >= 0.3 is 6.09 Å². The first-order valence-electron chi connectivity index (χ1n) is 7.57. The lowest BCUT2D eigenvalue weighted by Gasteiger charge is -2.26. The number of H-pyrrole nitrogens is 1. The summed E-state index contributed by atoms with van der Waals surface area (Å²) in [6, 6.07) is -0.565. The summed E-state index contributed by atoms with van der Waals surface area (Å²) in [4.78, 5) is 33.4. The fourth-order valence-electron chi connectivity index (χ4n) is 2.72. The Balaban J connectivity index is 2.01. The molecular weight excluding hydrogens is 284 g/mol. The molecule has 2 heterocycles. The zero-order valence-electron chi connectivity index (χ0n) is 13.5. The number of aromatic nitrogens is 2. The fourth-order valence-corrected chi connectivity index (χ4v) is 2.72. The van der Waals surface area contributed by atoms with E-state index in [1.165, 1.54) is 7.11 Å². The number of aromatic amines is 1. The maximum atomic E-state index is 12.6. The standard InChI is InChI=1S/C15H24N4O3/c1-9(2)12(18-15(21)22-4)14(20)19-6-5-11(8-19)13-16-7-10(3)17-13/h7,9,11-12H,5-6,8H2,1-4H3,(H,16,17)(H,18,21)/t11-,12+/m1/s1. The molecule has 2 rings (SSSR count). The predicted octanol–water partition coefficient (Wildman–Crippen LogP) is 1.41. The largest absolute Gasteiger partial charge is 0.453 e. The lowest BCUT2D eigenvalue weighted by atomic mass is 10.0. The normalized spacial score (nSPS) is 19.3. The van der Waals surface area contributed by atoms with Crippen LogP contribution in [0.5, 0.6) is 0 Å². The highest BCUT2D eigenvalue weighted by atomic mass is 16.5. The van der Waals surface area contributed by atoms with Crippen molar-refractivity contribution >= 4 is 12.0 Å². The number of methoxy groups -OCH3 is 1. The second-order valence-electron chi connectivity index (χ2n) is 6.08. The molecule has 1 fully saturated rings. The van der Waals surface area contributed by atoms with E-state index in [2.05, 4.69) is 20.0 Å². The third kappa shape index (κ3) is 3.58. The molecule has 22 heavy (non-hydrogen) atoms. The van der Waals surface area contributed by atoms with Gasteiger partial charge in [-0.05, 0) is 19.3 Å². The number of alkyl carbamates (subject to hydrolysis) is 1. The van der Waals surface area contributed by atoms with Gasteiger partial charge in [0.25, 0.3) is 0 Å². The molecule has 7 nitrogen and oxygen atoms in total. The summed E-state index contributed by atoms with van der Waals surface area (Å²) in [6.07, 6.45) is 2.10. The van der Waals surface area contributed by atoms with E-state index in [1.807, 2.05) is 20.8 Å². The van der Waals surface area contributed by atoms with Crippen molar-refractivity contribution in [2.45, 2.75) is 39.2 Å². The summed E-state index contributed by atoms with van der Waals surface area (Å²) in [5.41, 5.74) is 1.02. The van der Waals surface area contributed by atoms with Crippen LogP contribution in [0, 0.1) is 12.8 Å². The van der Waals surface area contributed by atoms with Crippen LogP contribution >= 0.6 is 0 Å². The van der Waals surface area contributed by atoms with Gasteiger partial charge in [-0.1, -0.05) is 13.8 Å². The molecule has 0 aromatic carbocycles. The summed E-state index contributed by atoms with van der Waals surface area (Å²) in [6.45, 7) is 7.07. The van der Waals surface area contributed by atoms with E-state index in [-0.39, 0.29) is 17.7 Å². The van der Waals surface area contributed by atoms with Crippen molar-refractivity contribution in [2.24, 2.45) is 5.92 Å². The first-order chi connectivity index (χ1) is 10.4. The molecular formula is C15H24N4O3. The molecule has 7 heteroatoms. The number of carbonyl (C=O) groups excluding carboxylic acids is 2. The van der Waals surface area contributed by atoms with Crippen LogP contribution in [0.4, 0.5) is 4.79 Å². The van der Waals surface area contributed by atoms with Gasteiger partial charge in [0, 0.05) is 30.9 Å². The monoisotopic (exact) mass is 308 g/mol. The van der Waals surface area contributed by atoms with Gasteiger partial charge in [-0.25, -0.2) is 9.78 Å². The first kappa shape index (κ1) is 16.3. The van der Waals surface area contributed by atoms with Crippen molar-refractivity contribution < 1.29 is 14.3 Å². The van der Waals surface area contributed by atoms with Gasteiger partial charge in [0.05, 0.1) is 7.11 Å². The molecule has 1 saturated heterocycles. The fraction of sp³-hybridized carbons (Fsp3) is 0.667. The summed E-state index contributed by atoms with van der Waals surface area (Å²) < 4.78 is 4.60. The number of nitrogens with zero attached hydrogens (tertiary/aromatic N) is 2. The number of rotatable bonds is 4. The Morgan fingerprint density at radius 1 is 1.50 bits per heavy atom. The van der Waals surface area contributed by atoms with Crippen LogP contribution in [0.2, 0.25) is 0 Å². The minimum Gasteiger partial charge on any atom is -0.453 e. The number of aryl methyl sites for hydroxylation is 1. The summed E-state index contributed by atoms with van der Waals surface area (Å²) in [5.74, 6) is 1.08. The van der Waals surface area contributed by atoms with Crippen LogP contribution in [-0.4, -0.2) is 53.1 Å². The zero-order chi connectivity index (χ0) is 16.3. The molecule has 1 aliphatic heterocycles. The summed E-state index contributed by atoms with van der Waals surface area (Å²) in [5, 5.41) is 2.63. The molecule has 0 spiro atoms. The van der Waals surface area contributed by atoms with Crippen molar-refractivity contribution in [3.8, 4) is 0 Å². The number of amides is 2. The average molecular weight is 308 g/mol. The first-order valence-corrected chi connectivity index (χ1v) is 7.57. The van der Waals surface area contributed by atoms with Crippen molar-refractivity contribution in [3.05, 3.63) is 17.7 Å². The Bertz CT molecular complexity index is 541. The number of hydrogen-bond acceptors (Lipinski definition) is 4. The molecule has 2 N–H and O–H groups in total. The number of likely N-dealkylation sites (tertiary alicyclic amines) is 1. The zero-order valence-corrected chi connectivity index (χ0v) is 13.5. The van der Waals surface area contributed by atoms with Crippen molar-refractivity contribution in [1.29, 1.82) is 0 Å². The van der Waals surface area contributed by atoms with E-state index in [0.29, 0.717) is 13.1 Å². The molecule has 2 amide bonds. The highest BCUT2D eigenvalue weighted by Crippen LogP contribution is 2.26. The molecule has 0 radical (unpaired) electrons. The Labute approximate surface area is 130 Å². The highest BCUT2D eigenvalue weighted by molar-refractivity contribution is 5.86. The molecule has 0 aliphatic carbocycles. The van der Waals surface area contributed by atoms with Crippen molar-refractivity contribution in [2.75, 3.05) is 20.2 Å². The number of carbonyl (C=O) groups is 2. The van der Waals surface area contributed by atoms with E-state index in [4.69, 9.17) is 0 Å². The molecule has 0 unspecified atom stereocenters. The lowest BCUT2D eigenvalue weighted by Crippen LogP contribution is -2.50. The topological polar surface area (TPSA) is 87.3 Å². The van der Waals surface area contributed by atoms with Gasteiger partial charge in [-0.3, -0.25) is 4.79 Å². The van der Waals surface area contributed by atoms with Crippen LogP contribution in [-0.2, 0) is 9.53 Å². The van der Waals surface area contributed by atoms with Crippen LogP contribution < -0.4 is 5.32 Å². The highest BCUT2D eigenvalue weighted by Gasteiger charge is 2.34. The second-order valence-corrected chi connectivity index (χ2v) is 6.08. The number of ether oxygens (including phenoxy) is 1. The minimum absolute atomic E-state index is 0.00323. The van der Waals surface area contributed by atoms with Gasteiger partial charge in [-0.2, -0.15) is 0 Å². The van der Waals surface area contributed by atoms with Gasteiger partial charge < -0.3 is 19.9 Å². The number of hydrogen-bond donors (Lipinski definition) is 2. The molecule has 122 valence electrons. The Kier molecular flexibility index (Phi) is 5.05.